The number of aromatic amines is 1. The van der Waals surface area contributed by atoms with Crippen LogP contribution in [0.1, 0.15) is 16.7 Å². The van der Waals surface area contributed by atoms with Crippen LogP contribution in [0.2, 0.25) is 0 Å². The maximum absolute atomic E-state index is 12.0. The molecule has 2 aromatic carbocycles. The van der Waals surface area contributed by atoms with Crippen LogP contribution in [0.25, 0.3) is 21.0 Å². The highest BCUT2D eigenvalue weighted by Crippen LogP contribution is 2.29. The second kappa shape index (κ2) is 7.85. The molecular weight excluding hydrogens is 392 g/mol. The standard InChI is InChI=1S/C24H26N4OS/c1-16-17(2)24(29)25-21-8-7-18(15-20(16)21)9-10-27-11-13-28(14-12-27)23-19-5-3-4-6-22(19)30-26-23/h3-8,15H,9-14H2,1-2H3,(H,25,29). The average molecular weight is 419 g/mol. The molecule has 2 aromatic heterocycles. The summed E-state index contributed by atoms with van der Waals surface area (Å²) in [6, 6.07) is 14.9. The molecule has 0 unspecified atom stereocenters. The number of rotatable bonds is 4. The maximum atomic E-state index is 12.0. The largest absolute Gasteiger partial charge is 0.353 e. The molecule has 1 aliphatic heterocycles. The molecule has 3 heterocycles. The van der Waals surface area contributed by atoms with Gasteiger partial charge in [0.25, 0.3) is 5.56 Å². The van der Waals surface area contributed by atoms with E-state index in [1.807, 2.05) is 19.9 Å². The zero-order valence-corrected chi connectivity index (χ0v) is 18.3. The molecule has 1 N–H and O–H groups in total. The highest BCUT2D eigenvalue weighted by Gasteiger charge is 2.20. The Hall–Kier alpha value is -2.70. The SMILES string of the molecule is Cc1c(C)c2cc(CCN3CCN(c4nsc5ccccc45)CC3)ccc2[nH]c1=O. The van der Waals surface area contributed by atoms with Gasteiger partial charge in [-0.25, -0.2) is 0 Å². The molecule has 5 rings (SSSR count). The third-order valence-electron chi connectivity index (χ3n) is 6.39. The quantitative estimate of drug-likeness (QED) is 0.542. The fourth-order valence-electron chi connectivity index (χ4n) is 4.33. The lowest BCUT2D eigenvalue weighted by Crippen LogP contribution is -2.47. The van der Waals surface area contributed by atoms with E-state index in [0.717, 1.165) is 67.0 Å². The summed E-state index contributed by atoms with van der Waals surface area (Å²) in [4.78, 5) is 19.9. The number of aromatic nitrogens is 2. The van der Waals surface area contributed by atoms with Crippen molar-refractivity contribution in [2.45, 2.75) is 20.3 Å². The first-order chi connectivity index (χ1) is 14.6. The van der Waals surface area contributed by atoms with Gasteiger partial charge in [-0.05, 0) is 67.2 Å². The minimum absolute atomic E-state index is 0.0125. The molecule has 1 fully saturated rings. The van der Waals surface area contributed by atoms with Crippen LogP contribution in [0.5, 0.6) is 0 Å². The van der Waals surface area contributed by atoms with Crippen molar-refractivity contribution >= 4 is 38.3 Å². The van der Waals surface area contributed by atoms with Gasteiger partial charge in [0.1, 0.15) is 5.82 Å². The Kier molecular flexibility index (Phi) is 5.05. The molecule has 0 amide bonds. The number of hydrogen-bond acceptors (Lipinski definition) is 5. The molecule has 30 heavy (non-hydrogen) atoms. The number of fused-ring (bicyclic) bond motifs is 2. The molecule has 0 radical (unpaired) electrons. The van der Waals surface area contributed by atoms with Crippen molar-refractivity contribution in [2.75, 3.05) is 37.6 Å². The predicted molar refractivity (Wildman–Crippen MR) is 126 cm³/mol. The number of benzene rings is 2. The summed E-state index contributed by atoms with van der Waals surface area (Å²) in [7, 11) is 0. The number of aryl methyl sites for hydroxylation is 1. The molecule has 0 bridgehead atoms. The van der Waals surface area contributed by atoms with Crippen LogP contribution < -0.4 is 10.5 Å². The first kappa shape index (κ1) is 19.3. The number of pyridine rings is 1. The molecule has 4 aromatic rings. The molecule has 0 atom stereocenters. The number of H-pyrrole nitrogens is 1. The first-order valence-corrected chi connectivity index (χ1v) is 11.3. The van der Waals surface area contributed by atoms with Gasteiger partial charge in [0.15, 0.2) is 0 Å². The summed E-state index contributed by atoms with van der Waals surface area (Å²) in [6.07, 6.45) is 1.02. The molecular formula is C24H26N4OS. The van der Waals surface area contributed by atoms with Gasteiger partial charge in [0.05, 0.1) is 4.70 Å². The van der Waals surface area contributed by atoms with Gasteiger partial charge in [0, 0.05) is 54.6 Å². The Morgan fingerprint density at radius 3 is 2.63 bits per heavy atom. The number of nitrogens with one attached hydrogen (secondary N) is 1. The monoisotopic (exact) mass is 418 g/mol. The van der Waals surface area contributed by atoms with E-state index in [1.54, 1.807) is 11.5 Å². The summed E-state index contributed by atoms with van der Waals surface area (Å²) < 4.78 is 5.97. The van der Waals surface area contributed by atoms with E-state index >= 15 is 0 Å². The fourth-order valence-corrected chi connectivity index (χ4v) is 5.12. The van der Waals surface area contributed by atoms with Crippen molar-refractivity contribution in [1.29, 1.82) is 0 Å². The predicted octanol–water partition coefficient (Wildman–Crippen LogP) is 4.12. The normalized spacial score (nSPS) is 15.3. The van der Waals surface area contributed by atoms with Gasteiger partial charge >= 0.3 is 0 Å². The van der Waals surface area contributed by atoms with Crippen molar-refractivity contribution in [3.63, 3.8) is 0 Å². The Balaban J connectivity index is 1.23. The third kappa shape index (κ3) is 3.50. The van der Waals surface area contributed by atoms with Crippen molar-refractivity contribution in [2.24, 2.45) is 0 Å². The number of hydrogen-bond donors (Lipinski definition) is 1. The molecule has 1 saturated heterocycles. The average Bonchev–Trinajstić information content (AvgIpc) is 3.21. The maximum Gasteiger partial charge on any atom is 0.251 e. The Morgan fingerprint density at radius 2 is 1.80 bits per heavy atom. The minimum atomic E-state index is 0.0125. The van der Waals surface area contributed by atoms with Crippen LogP contribution in [-0.4, -0.2) is 47.0 Å². The second-order valence-corrected chi connectivity index (χ2v) is 8.97. The summed E-state index contributed by atoms with van der Waals surface area (Å²) in [5.74, 6) is 1.14. The zero-order valence-electron chi connectivity index (χ0n) is 17.4. The molecule has 0 aliphatic carbocycles. The van der Waals surface area contributed by atoms with Crippen LogP contribution in [0.15, 0.2) is 47.3 Å². The van der Waals surface area contributed by atoms with Crippen LogP contribution in [-0.2, 0) is 6.42 Å². The van der Waals surface area contributed by atoms with Gasteiger partial charge in [-0.15, -0.1) is 0 Å². The Morgan fingerprint density at radius 1 is 1.00 bits per heavy atom. The number of nitrogens with zero attached hydrogens (tertiary/aromatic N) is 3. The van der Waals surface area contributed by atoms with Gasteiger partial charge in [-0.3, -0.25) is 9.69 Å². The first-order valence-electron chi connectivity index (χ1n) is 10.5. The summed E-state index contributed by atoms with van der Waals surface area (Å²) >= 11 is 1.59. The van der Waals surface area contributed by atoms with E-state index in [1.165, 1.54) is 15.6 Å². The van der Waals surface area contributed by atoms with E-state index in [2.05, 4.69) is 51.2 Å². The molecule has 6 heteroatoms. The van der Waals surface area contributed by atoms with Crippen molar-refractivity contribution in [1.82, 2.24) is 14.3 Å². The molecule has 154 valence electrons. The Bertz CT molecular complexity index is 1270. The second-order valence-electron chi connectivity index (χ2n) is 8.17. The van der Waals surface area contributed by atoms with Crippen molar-refractivity contribution in [3.8, 4) is 0 Å². The van der Waals surface area contributed by atoms with Crippen molar-refractivity contribution in [3.05, 3.63) is 69.5 Å². The highest BCUT2D eigenvalue weighted by atomic mass is 32.1. The van der Waals surface area contributed by atoms with Crippen LogP contribution >= 0.6 is 11.5 Å². The summed E-state index contributed by atoms with van der Waals surface area (Å²) in [5, 5.41) is 2.43. The van der Waals surface area contributed by atoms with E-state index < -0.39 is 0 Å². The van der Waals surface area contributed by atoms with Crippen molar-refractivity contribution < 1.29 is 0 Å². The van der Waals surface area contributed by atoms with Gasteiger partial charge < -0.3 is 9.88 Å². The molecule has 5 nitrogen and oxygen atoms in total. The molecule has 1 aliphatic rings. The topological polar surface area (TPSA) is 52.2 Å². The van der Waals surface area contributed by atoms with E-state index in [4.69, 9.17) is 4.37 Å². The van der Waals surface area contributed by atoms with Crippen LogP contribution in [0, 0.1) is 13.8 Å². The highest BCUT2D eigenvalue weighted by molar-refractivity contribution is 7.13. The number of anilines is 1. The lowest BCUT2D eigenvalue weighted by molar-refractivity contribution is 0.261. The van der Waals surface area contributed by atoms with E-state index in [-0.39, 0.29) is 5.56 Å². The lowest BCUT2D eigenvalue weighted by atomic mass is 10.0. The van der Waals surface area contributed by atoms with Gasteiger partial charge in [0.2, 0.25) is 0 Å². The van der Waals surface area contributed by atoms with E-state index in [0.29, 0.717) is 0 Å². The Labute approximate surface area is 180 Å². The van der Waals surface area contributed by atoms with Gasteiger partial charge in [-0.1, -0.05) is 18.2 Å². The van der Waals surface area contributed by atoms with Crippen LogP contribution in [0.4, 0.5) is 5.82 Å². The third-order valence-corrected chi connectivity index (χ3v) is 7.20. The number of piperazine rings is 1. The zero-order chi connectivity index (χ0) is 20.7. The lowest BCUT2D eigenvalue weighted by Gasteiger charge is -2.35. The summed E-state index contributed by atoms with van der Waals surface area (Å²) in [6.45, 7) is 9.15. The van der Waals surface area contributed by atoms with E-state index in [9.17, 15) is 4.79 Å². The minimum Gasteiger partial charge on any atom is -0.353 e. The van der Waals surface area contributed by atoms with Crippen LogP contribution in [0.3, 0.4) is 0 Å². The molecule has 0 saturated carbocycles. The smallest absolute Gasteiger partial charge is 0.251 e. The fraction of sp³-hybridized carbons (Fsp3) is 0.333. The molecule has 0 spiro atoms. The van der Waals surface area contributed by atoms with Gasteiger partial charge in [-0.2, -0.15) is 4.37 Å². The summed E-state index contributed by atoms with van der Waals surface area (Å²) in [5.41, 5.74) is 4.16.